The van der Waals surface area contributed by atoms with E-state index in [4.69, 9.17) is 0 Å². The van der Waals surface area contributed by atoms with Gasteiger partial charge in [0, 0.05) is 31.7 Å². The molecule has 0 aromatic carbocycles. The number of nitrogens with one attached hydrogen (secondary N) is 1. The Hall–Kier alpha value is -0.940. The van der Waals surface area contributed by atoms with Crippen LogP contribution in [-0.2, 0) is 13.1 Å². The van der Waals surface area contributed by atoms with Gasteiger partial charge in [-0.3, -0.25) is 4.90 Å². The van der Waals surface area contributed by atoms with E-state index in [0.29, 0.717) is 12.1 Å². The second kappa shape index (κ2) is 7.48. The molecule has 1 N–H and O–H groups in total. The van der Waals surface area contributed by atoms with Gasteiger partial charge in [0.25, 0.3) is 0 Å². The molecule has 0 aliphatic carbocycles. The van der Waals surface area contributed by atoms with Gasteiger partial charge in [-0.25, -0.2) is 9.67 Å². The summed E-state index contributed by atoms with van der Waals surface area (Å²) in [5.74, 6) is 1.01. The van der Waals surface area contributed by atoms with Crippen molar-refractivity contribution in [1.82, 2.24) is 25.0 Å². The zero-order valence-corrected chi connectivity index (χ0v) is 12.3. The minimum absolute atomic E-state index is 0.589. The van der Waals surface area contributed by atoms with E-state index < -0.39 is 0 Å². The van der Waals surface area contributed by atoms with E-state index in [1.54, 1.807) is 6.33 Å². The van der Waals surface area contributed by atoms with Crippen LogP contribution in [-0.4, -0.2) is 44.8 Å². The summed E-state index contributed by atoms with van der Waals surface area (Å²) in [6.07, 6.45) is 1.62. The lowest BCUT2D eigenvalue weighted by atomic mass is 10.2. The van der Waals surface area contributed by atoms with Gasteiger partial charge in [-0.15, -0.1) is 0 Å². The average molecular weight is 253 g/mol. The Kier molecular flexibility index (Phi) is 6.29. The van der Waals surface area contributed by atoms with Crippen LogP contribution < -0.4 is 5.32 Å². The van der Waals surface area contributed by atoms with Crippen molar-refractivity contribution in [2.45, 2.75) is 59.8 Å². The molecule has 1 rings (SSSR count). The fourth-order valence-corrected chi connectivity index (χ4v) is 2.21. The van der Waals surface area contributed by atoms with Crippen molar-refractivity contribution in [3.63, 3.8) is 0 Å². The van der Waals surface area contributed by atoms with Crippen LogP contribution in [0, 0.1) is 0 Å². The van der Waals surface area contributed by atoms with E-state index >= 15 is 0 Å². The third-order valence-corrected chi connectivity index (χ3v) is 3.15. The van der Waals surface area contributed by atoms with Crippen LogP contribution in [0.1, 0.15) is 40.4 Å². The maximum Gasteiger partial charge on any atom is 0.140 e. The summed E-state index contributed by atoms with van der Waals surface area (Å²) in [6.45, 7) is 14.8. The first-order chi connectivity index (χ1) is 8.56. The SMILES string of the molecule is CCn1ncnc1CNCCN(C(C)C)C(C)C. The molecule has 0 fully saturated rings. The maximum absolute atomic E-state index is 4.25. The van der Waals surface area contributed by atoms with Crippen molar-refractivity contribution < 1.29 is 0 Å². The minimum atomic E-state index is 0.589. The molecule has 0 aliphatic heterocycles. The number of aromatic nitrogens is 3. The topological polar surface area (TPSA) is 46.0 Å². The molecule has 1 heterocycles. The molecule has 104 valence electrons. The van der Waals surface area contributed by atoms with E-state index in [-0.39, 0.29) is 0 Å². The number of rotatable bonds is 8. The second-order valence-electron chi connectivity index (χ2n) is 5.09. The minimum Gasteiger partial charge on any atom is -0.309 e. The molecular weight excluding hydrogens is 226 g/mol. The number of aryl methyl sites for hydroxylation is 1. The number of hydrogen-bond donors (Lipinski definition) is 1. The molecule has 0 radical (unpaired) electrons. The molecule has 5 nitrogen and oxygen atoms in total. The highest BCUT2D eigenvalue weighted by Gasteiger charge is 2.12. The van der Waals surface area contributed by atoms with Crippen molar-refractivity contribution >= 4 is 0 Å². The van der Waals surface area contributed by atoms with Crippen LogP contribution >= 0.6 is 0 Å². The van der Waals surface area contributed by atoms with E-state index in [1.807, 2.05) is 4.68 Å². The second-order valence-corrected chi connectivity index (χ2v) is 5.09. The smallest absolute Gasteiger partial charge is 0.140 e. The molecule has 0 amide bonds. The molecule has 0 bridgehead atoms. The normalized spacial score (nSPS) is 12.0. The van der Waals surface area contributed by atoms with Gasteiger partial charge < -0.3 is 5.32 Å². The average Bonchev–Trinajstić information content (AvgIpc) is 2.75. The quantitative estimate of drug-likeness (QED) is 0.713. The van der Waals surface area contributed by atoms with Crippen LogP contribution in [0.3, 0.4) is 0 Å². The summed E-state index contributed by atoms with van der Waals surface area (Å²) in [6, 6.07) is 1.18. The van der Waals surface area contributed by atoms with E-state index in [0.717, 1.165) is 32.0 Å². The molecule has 0 aliphatic rings. The highest BCUT2D eigenvalue weighted by molar-refractivity contribution is 4.83. The summed E-state index contributed by atoms with van der Waals surface area (Å²) < 4.78 is 1.93. The van der Waals surface area contributed by atoms with Crippen LogP contribution in [0.15, 0.2) is 6.33 Å². The number of nitrogens with zero attached hydrogens (tertiary/aromatic N) is 4. The highest BCUT2D eigenvalue weighted by Crippen LogP contribution is 2.03. The molecule has 0 saturated heterocycles. The Morgan fingerprint density at radius 1 is 1.28 bits per heavy atom. The molecule has 1 aromatic heterocycles. The van der Waals surface area contributed by atoms with Gasteiger partial charge in [-0.1, -0.05) is 0 Å². The van der Waals surface area contributed by atoms with Gasteiger partial charge >= 0.3 is 0 Å². The lowest BCUT2D eigenvalue weighted by molar-refractivity contribution is 0.175. The van der Waals surface area contributed by atoms with Gasteiger partial charge in [0.2, 0.25) is 0 Å². The van der Waals surface area contributed by atoms with Crippen molar-refractivity contribution in [2.24, 2.45) is 0 Å². The van der Waals surface area contributed by atoms with Gasteiger partial charge in [0.05, 0.1) is 6.54 Å². The Bertz CT molecular complexity index is 324. The van der Waals surface area contributed by atoms with Crippen LogP contribution in [0.5, 0.6) is 0 Å². The maximum atomic E-state index is 4.25. The summed E-state index contributed by atoms with van der Waals surface area (Å²) >= 11 is 0. The lowest BCUT2D eigenvalue weighted by Crippen LogP contribution is -2.41. The number of hydrogen-bond acceptors (Lipinski definition) is 4. The lowest BCUT2D eigenvalue weighted by Gasteiger charge is -2.30. The first-order valence-corrected chi connectivity index (χ1v) is 6.89. The summed E-state index contributed by atoms with van der Waals surface area (Å²) in [7, 11) is 0. The third kappa shape index (κ3) is 4.38. The van der Waals surface area contributed by atoms with E-state index in [1.165, 1.54) is 0 Å². The zero-order valence-electron chi connectivity index (χ0n) is 12.3. The molecule has 5 heteroatoms. The van der Waals surface area contributed by atoms with E-state index in [2.05, 4.69) is 54.9 Å². The van der Waals surface area contributed by atoms with Gasteiger partial charge in [-0.2, -0.15) is 5.10 Å². The summed E-state index contributed by atoms with van der Waals surface area (Å²) in [5.41, 5.74) is 0. The fraction of sp³-hybridized carbons (Fsp3) is 0.846. The molecular formula is C13H27N5. The zero-order chi connectivity index (χ0) is 13.5. The standard InChI is InChI=1S/C13H27N5/c1-6-18-13(15-10-16-18)9-14-7-8-17(11(2)3)12(4)5/h10-12,14H,6-9H2,1-5H3. The van der Waals surface area contributed by atoms with E-state index in [9.17, 15) is 0 Å². The predicted molar refractivity (Wildman–Crippen MR) is 74.4 cm³/mol. The molecule has 1 aromatic rings. The summed E-state index contributed by atoms with van der Waals surface area (Å²) in [4.78, 5) is 6.73. The van der Waals surface area contributed by atoms with Crippen molar-refractivity contribution in [2.75, 3.05) is 13.1 Å². The van der Waals surface area contributed by atoms with Crippen molar-refractivity contribution in [1.29, 1.82) is 0 Å². The van der Waals surface area contributed by atoms with Crippen molar-refractivity contribution in [3.05, 3.63) is 12.2 Å². The third-order valence-electron chi connectivity index (χ3n) is 3.15. The van der Waals surface area contributed by atoms with Gasteiger partial charge in [0.1, 0.15) is 12.2 Å². The predicted octanol–water partition coefficient (Wildman–Crippen LogP) is 1.51. The van der Waals surface area contributed by atoms with Crippen LogP contribution in [0.4, 0.5) is 0 Å². The first-order valence-electron chi connectivity index (χ1n) is 6.89. The largest absolute Gasteiger partial charge is 0.309 e. The van der Waals surface area contributed by atoms with Gasteiger partial charge in [-0.05, 0) is 34.6 Å². The van der Waals surface area contributed by atoms with Crippen molar-refractivity contribution in [3.8, 4) is 0 Å². The fourth-order valence-electron chi connectivity index (χ4n) is 2.21. The molecule has 0 atom stereocenters. The van der Waals surface area contributed by atoms with Gasteiger partial charge in [0.15, 0.2) is 0 Å². The first kappa shape index (κ1) is 15.1. The Morgan fingerprint density at radius 2 is 1.94 bits per heavy atom. The highest BCUT2D eigenvalue weighted by atomic mass is 15.3. The molecule has 18 heavy (non-hydrogen) atoms. The van der Waals surface area contributed by atoms with Crippen LogP contribution in [0.2, 0.25) is 0 Å². The molecule has 0 saturated carbocycles. The molecule has 0 unspecified atom stereocenters. The Morgan fingerprint density at radius 3 is 2.50 bits per heavy atom. The Labute approximate surface area is 111 Å². The molecule has 0 spiro atoms. The monoisotopic (exact) mass is 253 g/mol. The van der Waals surface area contributed by atoms with Crippen LogP contribution in [0.25, 0.3) is 0 Å². The Balaban J connectivity index is 2.30. The summed E-state index contributed by atoms with van der Waals surface area (Å²) in [5, 5.41) is 7.60.